The van der Waals surface area contributed by atoms with Crippen LogP contribution in [0.5, 0.6) is 17.2 Å². The Morgan fingerprint density at radius 2 is 1.80 bits per heavy atom. The molecule has 0 aromatic heterocycles. The molecule has 2 aromatic carbocycles. The van der Waals surface area contributed by atoms with Crippen LogP contribution in [-0.4, -0.2) is 5.11 Å². The van der Waals surface area contributed by atoms with Gasteiger partial charge in [0.05, 0.1) is 15.1 Å². The summed E-state index contributed by atoms with van der Waals surface area (Å²) in [6.45, 7) is 0. The molecule has 0 aliphatic heterocycles. The van der Waals surface area contributed by atoms with Crippen LogP contribution in [0.25, 0.3) is 0 Å². The van der Waals surface area contributed by atoms with Crippen LogP contribution in [0.15, 0.2) is 40.9 Å². The van der Waals surface area contributed by atoms with Crippen LogP contribution in [0.4, 0.5) is 13.2 Å². The Balaban J connectivity index is 2.28. The van der Waals surface area contributed by atoms with Crippen molar-refractivity contribution in [3.63, 3.8) is 0 Å². The summed E-state index contributed by atoms with van der Waals surface area (Å²) in [5.41, 5.74) is -0.853. The highest BCUT2D eigenvalue weighted by molar-refractivity contribution is 9.10. The molecule has 106 valence electrons. The highest BCUT2D eigenvalue weighted by atomic mass is 79.9. The SMILES string of the molecule is Oc1cc(Oc2ccc(C(F)(F)F)cc2Cl)ccc1Br. The van der Waals surface area contributed by atoms with E-state index in [0.29, 0.717) is 4.47 Å². The fourth-order valence-electron chi connectivity index (χ4n) is 1.44. The minimum absolute atomic E-state index is 0.0504. The number of ether oxygens (including phenoxy) is 1. The Kier molecular flexibility index (Phi) is 4.15. The molecule has 1 N–H and O–H groups in total. The number of hydrogen-bond donors (Lipinski definition) is 1. The van der Waals surface area contributed by atoms with Gasteiger partial charge in [0, 0.05) is 6.07 Å². The summed E-state index contributed by atoms with van der Waals surface area (Å²) in [5, 5.41) is 9.32. The fraction of sp³-hybridized carbons (Fsp3) is 0.0769. The zero-order valence-electron chi connectivity index (χ0n) is 9.71. The van der Waals surface area contributed by atoms with Gasteiger partial charge in [0.15, 0.2) is 0 Å². The van der Waals surface area contributed by atoms with E-state index >= 15 is 0 Å². The van der Waals surface area contributed by atoms with Crippen molar-refractivity contribution in [3.8, 4) is 17.2 Å². The molecule has 2 nitrogen and oxygen atoms in total. The molecule has 0 amide bonds. The molecular weight excluding hydrogens is 360 g/mol. The number of hydrogen-bond acceptors (Lipinski definition) is 2. The molecule has 7 heteroatoms. The van der Waals surface area contributed by atoms with Gasteiger partial charge in [-0.25, -0.2) is 0 Å². The summed E-state index contributed by atoms with van der Waals surface area (Å²) < 4.78 is 43.3. The van der Waals surface area contributed by atoms with Gasteiger partial charge in [0.25, 0.3) is 0 Å². The van der Waals surface area contributed by atoms with E-state index in [2.05, 4.69) is 15.9 Å². The maximum absolute atomic E-state index is 12.5. The van der Waals surface area contributed by atoms with E-state index in [1.54, 1.807) is 6.07 Å². The van der Waals surface area contributed by atoms with Gasteiger partial charge < -0.3 is 9.84 Å². The molecular formula is C13H7BrClF3O2. The van der Waals surface area contributed by atoms with Gasteiger partial charge in [0.1, 0.15) is 17.2 Å². The largest absolute Gasteiger partial charge is 0.507 e. The van der Waals surface area contributed by atoms with Gasteiger partial charge >= 0.3 is 6.18 Å². The van der Waals surface area contributed by atoms with Crippen LogP contribution >= 0.6 is 27.5 Å². The molecule has 0 saturated carbocycles. The molecule has 0 heterocycles. The van der Waals surface area contributed by atoms with Crippen LogP contribution in [0.2, 0.25) is 5.02 Å². The second-order valence-electron chi connectivity index (χ2n) is 3.86. The summed E-state index contributed by atoms with van der Waals surface area (Å²) >= 11 is 8.86. The lowest BCUT2D eigenvalue weighted by atomic mass is 10.2. The van der Waals surface area contributed by atoms with Crippen molar-refractivity contribution in [2.75, 3.05) is 0 Å². The highest BCUT2D eigenvalue weighted by Gasteiger charge is 2.31. The monoisotopic (exact) mass is 366 g/mol. The second kappa shape index (κ2) is 5.54. The van der Waals surface area contributed by atoms with Gasteiger partial charge in [-0.05, 0) is 46.3 Å². The van der Waals surface area contributed by atoms with E-state index in [1.807, 2.05) is 0 Å². The number of halogens is 5. The molecule has 2 rings (SSSR count). The van der Waals surface area contributed by atoms with Crippen LogP contribution in [0, 0.1) is 0 Å². The first-order chi connectivity index (χ1) is 9.27. The Morgan fingerprint density at radius 1 is 1.10 bits per heavy atom. The first-order valence-corrected chi connectivity index (χ1v) is 6.47. The van der Waals surface area contributed by atoms with Crippen molar-refractivity contribution in [2.24, 2.45) is 0 Å². The first kappa shape index (κ1) is 15.0. The quantitative estimate of drug-likeness (QED) is 0.746. The third-order valence-corrected chi connectivity index (χ3v) is 3.37. The molecule has 0 fully saturated rings. The summed E-state index contributed by atoms with van der Waals surface area (Å²) in [5.74, 6) is 0.277. The average Bonchev–Trinajstić information content (AvgIpc) is 2.35. The average molecular weight is 368 g/mol. The fourth-order valence-corrected chi connectivity index (χ4v) is 1.91. The van der Waals surface area contributed by atoms with Crippen molar-refractivity contribution >= 4 is 27.5 Å². The molecule has 0 unspecified atom stereocenters. The molecule has 0 saturated heterocycles. The maximum atomic E-state index is 12.5. The number of benzene rings is 2. The van der Waals surface area contributed by atoms with E-state index < -0.39 is 11.7 Å². The Bertz CT molecular complexity index is 644. The van der Waals surface area contributed by atoms with E-state index in [9.17, 15) is 18.3 Å². The van der Waals surface area contributed by atoms with Gasteiger partial charge in [-0.1, -0.05) is 11.6 Å². The summed E-state index contributed by atoms with van der Waals surface area (Å²) in [6.07, 6.45) is -4.46. The molecule has 0 aliphatic carbocycles. The van der Waals surface area contributed by atoms with E-state index in [4.69, 9.17) is 16.3 Å². The number of aromatic hydroxyl groups is 1. The minimum atomic E-state index is -4.46. The van der Waals surface area contributed by atoms with E-state index in [1.165, 1.54) is 12.1 Å². The van der Waals surface area contributed by atoms with Gasteiger partial charge in [-0.2, -0.15) is 13.2 Å². The van der Waals surface area contributed by atoms with Crippen molar-refractivity contribution in [1.29, 1.82) is 0 Å². The lowest BCUT2D eigenvalue weighted by molar-refractivity contribution is -0.137. The minimum Gasteiger partial charge on any atom is -0.507 e. The van der Waals surface area contributed by atoms with Crippen molar-refractivity contribution in [2.45, 2.75) is 6.18 Å². The topological polar surface area (TPSA) is 29.5 Å². The highest BCUT2D eigenvalue weighted by Crippen LogP contribution is 2.37. The Labute approximate surface area is 125 Å². The van der Waals surface area contributed by atoms with Crippen molar-refractivity contribution in [3.05, 3.63) is 51.5 Å². The number of phenolic OH excluding ortho intramolecular Hbond substituents is 1. The third-order valence-electron chi connectivity index (χ3n) is 2.40. The van der Waals surface area contributed by atoms with Crippen molar-refractivity contribution < 1.29 is 23.0 Å². The Morgan fingerprint density at radius 3 is 2.35 bits per heavy atom. The van der Waals surface area contributed by atoms with Gasteiger partial charge in [-0.3, -0.25) is 0 Å². The Hall–Kier alpha value is -1.40. The summed E-state index contributed by atoms with van der Waals surface area (Å²) in [4.78, 5) is 0. The third kappa shape index (κ3) is 3.37. The maximum Gasteiger partial charge on any atom is 0.416 e. The number of rotatable bonds is 2. The van der Waals surface area contributed by atoms with Crippen molar-refractivity contribution in [1.82, 2.24) is 0 Å². The second-order valence-corrected chi connectivity index (χ2v) is 5.12. The molecule has 20 heavy (non-hydrogen) atoms. The summed E-state index contributed by atoms with van der Waals surface area (Å²) in [6, 6.07) is 7.19. The molecule has 0 radical (unpaired) electrons. The normalized spacial score (nSPS) is 11.4. The lowest BCUT2D eigenvalue weighted by Gasteiger charge is -2.11. The van der Waals surface area contributed by atoms with Gasteiger partial charge in [0.2, 0.25) is 0 Å². The van der Waals surface area contributed by atoms with E-state index in [0.717, 1.165) is 18.2 Å². The molecule has 2 aromatic rings. The molecule has 0 aliphatic rings. The molecule has 0 atom stereocenters. The van der Waals surface area contributed by atoms with Crippen LogP contribution in [0.1, 0.15) is 5.56 Å². The summed E-state index contributed by atoms with van der Waals surface area (Å²) in [7, 11) is 0. The number of phenols is 1. The molecule has 0 bridgehead atoms. The van der Waals surface area contributed by atoms with Crippen LogP contribution < -0.4 is 4.74 Å². The predicted octanol–water partition coefficient (Wildman–Crippen LogP) is 5.62. The zero-order chi connectivity index (χ0) is 14.9. The van der Waals surface area contributed by atoms with Gasteiger partial charge in [-0.15, -0.1) is 0 Å². The predicted molar refractivity (Wildman–Crippen MR) is 72.3 cm³/mol. The van der Waals surface area contributed by atoms with Crippen LogP contribution in [0.3, 0.4) is 0 Å². The number of alkyl halides is 3. The lowest BCUT2D eigenvalue weighted by Crippen LogP contribution is -2.04. The smallest absolute Gasteiger partial charge is 0.416 e. The van der Waals surface area contributed by atoms with Crippen LogP contribution in [-0.2, 0) is 6.18 Å². The molecule has 0 spiro atoms. The standard InChI is InChI=1S/C13H7BrClF3O2/c14-9-3-2-8(6-11(9)19)20-12-4-1-7(5-10(12)15)13(16,17)18/h1-6,19H. The van der Waals surface area contributed by atoms with E-state index in [-0.39, 0.29) is 22.3 Å². The zero-order valence-corrected chi connectivity index (χ0v) is 12.1. The first-order valence-electron chi connectivity index (χ1n) is 5.30.